The predicted molar refractivity (Wildman–Crippen MR) is 122 cm³/mol. The van der Waals surface area contributed by atoms with Gasteiger partial charge in [0.15, 0.2) is 5.13 Å². The first-order valence-corrected chi connectivity index (χ1v) is 13.2. The summed E-state index contributed by atoms with van der Waals surface area (Å²) in [5, 5.41) is 6.35. The molecule has 1 fully saturated rings. The second-order valence-electron chi connectivity index (χ2n) is 7.72. The average Bonchev–Trinajstić information content (AvgIpc) is 3.02. The summed E-state index contributed by atoms with van der Waals surface area (Å²) in [5.74, 6) is 0. The van der Waals surface area contributed by atoms with Crippen molar-refractivity contribution in [3.8, 4) is 11.3 Å². The molecule has 1 aromatic heterocycles. The Labute approximate surface area is 179 Å². The SMILES string of the molecule is CCCCCCCNc1nc(-c2ccc(S(=O)(=O)N3CCCCCC3)cc2)cs1. The number of thiazole rings is 1. The Morgan fingerprint density at radius 3 is 2.38 bits per heavy atom. The van der Waals surface area contributed by atoms with Crippen molar-refractivity contribution in [1.29, 1.82) is 0 Å². The normalized spacial score (nSPS) is 15.9. The van der Waals surface area contributed by atoms with Crippen LogP contribution in [0.2, 0.25) is 0 Å². The number of nitrogens with zero attached hydrogens (tertiary/aromatic N) is 2. The van der Waals surface area contributed by atoms with E-state index in [1.54, 1.807) is 27.8 Å². The Morgan fingerprint density at radius 1 is 1.00 bits per heavy atom. The van der Waals surface area contributed by atoms with Gasteiger partial charge in [0.25, 0.3) is 0 Å². The number of benzene rings is 1. The lowest BCUT2D eigenvalue weighted by molar-refractivity contribution is 0.424. The van der Waals surface area contributed by atoms with Crippen molar-refractivity contribution >= 4 is 26.5 Å². The van der Waals surface area contributed by atoms with E-state index < -0.39 is 10.0 Å². The fourth-order valence-corrected chi connectivity index (χ4v) is 5.91. The summed E-state index contributed by atoms with van der Waals surface area (Å²) >= 11 is 1.60. The Kier molecular flexibility index (Phi) is 8.51. The molecule has 160 valence electrons. The van der Waals surface area contributed by atoms with Gasteiger partial charge in [-0.2, -0.15) is 4.31 Å². The summed E-state index contributed by atoms with van der Waals surface area (Å²) in [6, 6.07) is 7.17. The van der Waals surface area contributed by atoms with Crippen LogP contribution in [0.1, 0.15) is 64.7 Å². The maximum atomic E-state index is 12.9. The van der Waals surface area contributed by atoms with E-state index in [-0.39, 0.29) is 0 Å². The second-order valence-corrected chi connectivity index (χ2v) is 10.5. The van der Waals surface area contributed by atoms with Gasteiger partial charge in [-0.1, -0.05) is 57.6 Å². The Balaban J connectivity index is 1.58. The minimum absolute atomic E-state index is 0.379. The molecule has 0 spiro atoms. The molecule has 2 heterocycles. The maximum absolute atomic E-state index is 12.9. The molecule has 0 atom stereocenters. The zero-order valence-corrected chi connectivity index (χ0v) is 19.0. The number of aromatic nitrogens is 1. The molecule has 1 aliphatic rings. The van der Waals surface area contributed by atoms with Crippen LogP contribution in [0.3, 0.4) is 0 Å². The fourth-order valence-electron chi connectivity index (χ4n) is 3.64. The van der Waals surface area contributed by atoms with Crippen molar-refractivity contribution < 1.29 is 8.42 Å². The summed E-state index contributed by atoms with van der Waals surface area (Å²) in [5.41, 5.74) is 1.84. The van der Waals surface area contributed by atoms with Crippen molar-refractivity contribution in [2.75, 3.05) is 25.0 Å². The quantitative estimate of drug-likeness (QED) is 0.482. The van der Waals surface area contributed by atoms with Crippen molar-refractivity contribution in [1.82, 2.24) is 9.29 Å². The average molecular weight is 436 g/mol. The molecule has 2 aromatic rings. The third-order valence-electron chi connectivity index (χ3n) is 5.41. The highest BCUT2D eigenvalue weighted by Gasteiger charge is 2.25. The number of hydrogen-bond donors (Lipinski definition) is 1. The standard InChI is InChI=1S/C22H33N3O2S2/c1-2-3-4-5-8-15-23-22-24-21(18-28-22)19-11-13-20(14-12-19)29(26,27)25-16-9-6-7-10-17-25/h11-14,18H,2-10,15-17H2,1H3,(H,23,24). The lowest BCUT2D eigenvalue weighted by Crippen LogP contribution is -2.31. The largest absolute Gasteiger partial charge is 0.362 e. The molecule has 0 bridgehead atoms. The summed E-state index contributed by atoms with van der Waals surface area (Å²) in [7, 11) is -3.40. The molecule has 0 unspecified atom stereocenters. The highest BCUT2D eigenvalue weighted by Crippen LogP contribution is 2.27. The van der Waals surface area contributed by atoms with Gasteiger partial charge in [0.2, 0.25) is 10.0 Å². The first kappa shape index (κ1) is 22.2. The number of unbranched alkanes of at least 4 members (excludes halogenated alkanes) is 4. The molecule has 1 N–H and O–H groups in total. The fraction of sp³-hybridized carbons (Fsp3) is 0.591. The minimum atomic E-state index is -3.40. The molecule has 1 saturated heterocycles. The van der Waals surface area contributed by atoms with Gasteiger partial charge in [-0.05, 0) is 31.4 Å². The van der Waals surface area contributed by atoms with Crippen LogP contribution in [-0.4, -0.2) is 37.3 Å². The molecule has 0 saturated carbocycles. The number of hydrogen-bond acceptors (Lipinski definition) is 5. The molecular formula is C22H33N3O2S2. The van der Waals surface area contributed by atoms with Gasteiger partial charge in [-0.15, -0.1) is 11.3 Å². The number of nitrogens with one attached hydrogen (secondary N) is 1. The Morgan fingerprint density at radius 2 is 1.69 bits per heavy atom. The molecule has 0 amide bonds. The van der Waals surface area contributed by atoms with Crippen LogP contribution in [0.5, 0.6) is 0 Å². The predicted octanol–water partition coefficient (Wildman–Crippen LogP) is 5.76. The van der Waals surface area contributed by atoms with Crippen molar-refractivity contribution in [2.45, 2.75) is 69.6 Å². The Hall–Kier alpha value is -1.44. The van der Waals surface area contributed by atoms with E-state index in [4.69, 9.17) is 0 Å². The third-order valence-corrected chi connectivity index (χ3v) is 8.13. The van der Waals surface area contributed by atoms with E-state index >= 15 is 0 Å². The first-order chi connectivity index (χ1) is 14.1. The van der Waals surface area contributed by atoms with E-state index in [0.717, 1.165) is 55.0 Å². The summed E-state index contributed by atoms with van der Waals surface area (Å²) < 4.78 is 27.5. The minimum Gasteiger partial charge on any atom is -0.362 e. The van der Waals surface area contributed by atoms with E-state index in [1.165, 1.54) is 25.7 Å². The second kappa shape index (κ2) is 11.1. The van der Waals surface area contributed by atoms with E-state index in [9.17, 15) is 8.42 Å². The van der Waals surface area contributed by atoms with Crippen LogP contribution in [0.4, 0.5) is 5.13 Å². The maximum Gasteiger partial charge on any atom is 0.243 e. The highest BCUT2D eigenvalue weighted by atomic mass is 32.2. The van der Waals surface area contributed by atoms with Crippen LogP contribution in [0, 0.1) is 0 Å². The molecule has 5 nitrogen and oxygen atoms in total. The van der Waals surface area contributed by atoms with Crippen LogP contribution >= 0.6 is 11.3 Å². The van der Waals surface area contributed by atoms with E-state index in [0.29, 0.717) is 18.0 Å². The molecule has 0 radical (unpaired) electrons. The van der Waals surface area contributed by atoms with Crippen molar-refractivity contribution in [3.05, 3.63) is 29.6 Å². The van der Waals surface area contributed by atoms with E-state index in [1.807, 2.05) is 17.5 Å². The molecule has 3 rings (SSSR count). The van der Waals surface area contributed by atoms with Crippen molar-refractivity contribution in [2.24, 2.45) is 0 Å². The molecular weight excluding hydrogens is 402 g/mol. The summed E-state index contributed by atoms with van der Waals surface area (Å²) in [6.45, 7) is 4.43. The first-order valence-electron chi connectivity index (χ1n) is 10.9. The topological polar surface area (TPSA) is 62.3 Å². The number of rotatable bonds is 10. The van der Waals surface area contributed by atoms with Gasteiger partial charge >= 0.3 is 0 Å². The zero-order valence-electron chi connectivity index (χ0n) is 17.4. The molecule has 0 aliphatic carbocycles. The lowest BCUT2D eigenvalue weighted by atomic mass is 10.1. The van der Waals surface area contributed by atoms with Crippen LogP contribution < -0.4 is 5.32 Å². The van der Waals surface area contributed by atoms with Crippen molar-refractivity contribution in [3.63, 3.8) is 0 Å². The summed E-state index contributed by atoms with van der Waals surface area (Å²) in [4.78, 5) is 5.03. The monoisotopic (exact) mass is 435 g/mol. The van der Waals surface area contributed by atoms with Gasteiger partial charge in [0, 0.05) is 30.6 Å². The van der Waals surface area contributed by atoms with Gasteiger partial charge in [0.05, 0.1) is 10.6 Å². The molecule has 1 aliphatic heterocycles. The van der Waals surface area contributed by atoms with Gasteiger partial charge in [-0.3, -0.25) is 0 Å². The molecule has 1 aromatic carbocycles. The zero-order chi connectivity index (χ0) is 20.5. The van der Waals surface area contributed by atoms with Crippen LogP contribution in [0.25, 0.3) is 11.3 Å². The lowest BCUT2D eigenvalue weighted by Gasteiger charge is -2.19. The molecule has 29 heavy (non-hydrogen) atoms. The summed E-state index contributed by atoms with van der Waals surface area (Å²) in [6.07, 6.45) is 10.4. The highest BCUT2D eigenvalue weighted by molar-refractivity contribution is 7.89. The molecule has 7 heteroatoms. The van der Waals surface area contributed by atoms with Crippen LogP contribution in [0.15, 0.2) is 34.5 Å². The van der Waals surface area contributed by atoms with E-state index in [2.05, 4.69) is 17.2 Å². The van der Waals surface area contributed by atoms with Crippen LogP contribution in [-0.2, 0) is 10.0 Å². The number of anilines is 1. The number of sulfonamides is 1. The van der Waals surface area contributed by atoms with Gasteiger partial charge < -0.3 is 5.32 Å². The van der Waals surface area contributed by atoms with Gasteiger partial charge in [-0.25, -0.2) is 13.4 Å². The smallest absolute Gasteiger partial charge is 0.243 e. The van der Waals surface area contributed by atoms with Gasteiger partial charge in [0.1, 0.15) is 0 Å². The Bertz CT molecular complexity index is 839. The third kappa shape index (κ3) is 6.27.